The van der Waals surface area contributed by atoms with Gasteiger partial charge in [-0.1, -0.05) is 53.3 Å². The molecule has 2 aromatic carbocycles. The molecule has 112 valence electrons. The molecule has 23 heavy (non-hydrogen) atoms. The number of aromatic nitrogens is 3. The highest BCUT2D eigenvalue weighted by molar-refractivity contribution is 7.22. The third-order valence-corrected chi connectivity index (χ3v) is 4.49. The Bertz CT molecular complexity index is 969. The summed E-state index contributed by atoms with van der Waals surface area (Å²) < 4.78 is 1.04. The Morgan fingerprint density at radius 1 is 0.957 bits per heavy atom. The fraction of sp³-hybridized carbons (Fsp3) is 0. The fourth-order valence-electron chi connectivity index (χ4n) is 2.25. The van der Waals surface area contributed by atoms with Gasteiger partial charge in [-0.05, 0) is 18.2 Å². The van der Waals surface area contributed by atoms with Crippen LogP contribution in [0.5, 0.6) is 0 Å². The predicted molar refractivity (Wildman–Crippen MR) is 95.4 cm³/mol. The molecule has 0 unspecified atom stereocenters. The number of nitrogens with one attached hydrogen (secondary N) is 1. The van der Waals surface area contributed by atoms with Gasteiger partial charge in [0.25, 0.3) is 0 Å². The maximum atomic E-state index is 6.01. The number of benzene rings is 2. The lowest BCUT2D eigenvalue weighted by atomic mass is 10.1. The maximum Gasteiger partial charge on any atom is 0.189 e. The predicted octanol–water partition coefficient (Wildman–Crippen LogP) is 5.15. The summed E-state index contributed by atoms with van der Waals surface area (Å²) in [6, 6.07) is 17.6. The van der Waals surface area contributed by atoms with Crippen molar-refractivity contribution in [1.82, 2.24) is 15.0 Å². The highest BCUT2D eigenvalue weighted by atomic mass is 35.5. The number of anilines is 2. The molecule has 0 bridgehead atoms. The first-order valence-corrected chi connectivity index (χ1v) is 8.18. The Labute approximate surface area is 141 Å². The summed E-state index contributed by atoms with van der Waals surface area (Å²) in [6.07, 6.45) is 1.55. The minimum Gasteiger partial charge on any atom is -0.316 e. The summed E-state index contributed by atoms with van der Waals surface area (Å²) in [7, 11) is 0. The topological polar surface area (TPSA) is 50.7 Å². The van der Waals surface area contributed by atoms with Crippen molar-refractivity contribution < 1.29 is 0 Å². The van der Waals surface area contributed by atoms with E-state index in [0.29, 0.717) is 10.8 Å². The average molecular weight is 339 g/mol. The summed E-state index contributed by atoms with van der Waals surface area (Å²) in [6.45, 7) is 0. The molecule has 2 heterocycles. The van der Waals surface area contributed by atoms with Gasteiger partial charge < -0.3 is 5.32 Å². The normalized spacial score (nSPS) is 10.8. The summed E-state index contributed by atoms with van der Waals surface area (Å²) >= 11 is 7.56. The van der Waals surface area contributed by atoms with Gasteiger partial charge >= 0.3 is 0 Å². The van der Waals surface area contributed by atoms with Gasteiger partial charge in [0.1, 0.15) is 12.1 Å². The molecular formula is C17H11ClN4S. The molecular weight excluding hydrogens is 328 g/mol. The van der Waals surface area contributed by atoms with Gasteiger partial charge in [0.05, 0.1) is 15.9 Å². The van der Waals surface area contributed by atoms with E-state index in [1.807, 2.05) is 54.6 Å². The quantitative estimate of drug-likeness (QED) is 0.561. The zero-order valence-corrected chi connectivity index (χ0v) is 13.5. The van der Waals surface area contributed by atoms with Crippen molar-refractivity contribution in [2.24, 2.45) is 0 Å². The van der Waals surface area contributed by atoms with Crippen LogP contribution in [0.1, 0.15) is 0 Å². The van der Waals surface area contributed by atoms with E-state index in [4.69, 9.17) is 11.6 Å². The highest BCUT2D eigenvalue weighted by Crippen LogP contribution is 2.30. The molecule has 4 aromatic rings. The highest BCUT2D eigenvalue weighted by Gasteiger charge is 2.07. The molecule has 0 aliphatic rings. The first kappa shape index (κ1) is 14.1. The molecule has 2 aromatic heterocycles. The van der Waals surface area contributed by atoms with Gasteiger partial charge in [-0.2, -0.15) is 0 Å². The Balaban J connectivity index is 1.65. The van der Waals surface area contributed by atoms with Crippen molar-refractivity contribution in [3.63, 3.8) is 0 Å². The van der Waals surface area contributed by atoms with Crippen molar-refractivity contribution in [1.29, 1.82) is 0 Å². The average Bonchev–Trinajstić information content (AvgIpc) is 2.97. The number of nitrogens with zero attached hydrogens (tertiary/aromatic N) is 3. The monoisotopic (exact) mass is 338 g/mol. The molecule has 0 fully saturated rings. The van der Waals surface area contributed by atoms with Crippen LogP contribution in [0.2, 0.25) is 5.02 Å². The van der Waals surface area contributed by atoms with E-state index in [2.05, 4.69) is 20.3 Å². The lowest BCUT2D eigenvalue weighted by molar-refractivity contribution is 1.17. The Morgan fingerprint density at radius 3 is 2.70 bits per heavy atom. The zero-order chi connectivity index (χ0) is 15.6. The number of hydrogen-bond acceptors (Lipinski definition) is 5. The van der Waals surface area contributed by atoms with Crippen LogP contribution >= 0.6 is 22.9 Å². The first-order chi connectivity index (χ1) is 11.3. The van der Waals surface area contributed by atoms with Crippen molar-refractivity contribution in [2.75, 3.05) is 5.32 Å². The molecule has 6 heteroatoms. The molecule has 1 N–H and O–H groups in total. The molecule has 4 nitrogen and oxygen atoms in total. The van der Waals surface area contributed by atoms with Crippen molar-refractivity contribution in [3.8, 4) is 11.3 Å². The van der Waals surface area contributed by atoms with Crippen LogP contribution < -0.4 is 5.32 Å². The second-order valence-corrected chi connectivity index (χ2v) is 6.38. The van der Waals surface area contributed by atoms with E-state index < -0.39 is 0 Å². The molecule has 0 aliphatic heterocycles. The molecule has 4 rings (SSSR count). The van der Waals surface area contributed by atoms with E-state index in [1.54, 1.807) is 17.7 Å². The lowest BCUT2D eigenvalue weighted by Gasteiger charge is -2.04. The zero-order valence-electron chi connectivity index (χ0n) is 11.9. The second-order valence-electron chi connectivity index (χ2n) is 4.91. The fourth-order valence-corrected chi connectivity index (χ4v) is 3.40. The molecule has 0 saturated carbocycles. The van der Waals surface area contributed by atoms with Crippen molar-refractivity contribution >= 4 is 44.1 Å². The first-order valence-electron chi connectivity index (χ1n) is 6.98. The van der Waals surface area contributed by atoms with Crippen LogP contribution in [0, 0.1) is 0 Å². The minimum absolute atomic E-state index is 0.709. The van der Waals surface area contributed by atoms with Gasteiger partial charge in [-0.3, -0.25) is 0 Å². The number of thiazole rings is 1. The smallest absolute Gasteiger partial charge is 0.189 e. The number of hydrogen-bond donors (Lipinski definition) is 1. The Kier molecular flexibility index (Phi) is 3.65. The molecule has 0 atom stereocenters. The number of rotatable bonds is 3. The molecule has 0 amide bonds. The molecule has 0 radical (unpaired) electrons. The third kappa shape index (κ3) is 3.02. The summed E-state index contributed by atoms with van der Waals surface area (Å²) in [4.78, 5) is 13.1. The molecule has 0 aliphatic carbocycles. The Morgan fingerprint density at radius 2 is 1.83 bits per heavy atom. The van der Waals surface area contributed by atoms with Crippen LogP contribution in [0.15, 0.2) is 60.9 Å². The van der Waals surface area contributed by atoms with E-state index >= 15 is 0 Å². The maximum absolute atomic E-state index is 6.01. The van der Waals surface area contributed by atoms with Crippen LogP contribution in [-0.2, 0) is 0 Å². The van der Waals surface area contributed by atoms with Gasteiger partial charge in [-0.15, -0.1) is 0 Å². The molecule has 0 saturated heterocycles. The van der Waals surface area contributed by atoms with Crippen LogP contribution in [0.3, 0.4) is 0 Å². The summed E-state index contributed by atoms with van der Waals surface area (Å²) in [5.74, 6) is 0.712. The lowest BCUT2D eigenvalue weighted by Crippen LogP contribution is -1.94. The van der Waals surface area contributed by atoms with Crippen molar-refractivity contribution in [3.05, 3.63) is 65.9 Å². The molecule has 0 spiro atoms. The van der Waals surface area contributed by atoms with E-state index in [1.165, 1.54) is 0 Å². The standard InChI is InChI=1S/C17H11ClN4S/c18-12-6-7-13-15(8-12)23-17(21-13)22-16-9-14(19-10-20-16)11-4-2-1-3-5-11/h1-10H,(H,19,20,21,22). The van der Waals surface area contributed by atoms with Crippen LogP contribution in [0.25, 0.3) is 21.5 Å². The van der Waals surface area contributed by atoms with Crippen LogP contribution in [0.4, 0.5) is 10.9 Å². The van der Waals surface area contributed by atoms with E-state index in [0.717, 1.165) is 26.6 Å². The van der Waals surface area contributed by atoms with Gasteiger partial charge in [0.2, 0.25) is 0 Å². The largest absolute Gasteiger partial charge is 0.316 e. The van der Waals surface area contributed by atoms with Gasteiger partial charge in [-0.25, -0.2) is 15.0 Å². The second kappa shape index (κ2) is 5.95. The number of fused-ring (bicyclic) bond motifs is 1. The van der Waals surface area contributed by atoms with Gasteiger partial charge in [0.15, 0.2) is 5.13 Å². The minimum atomic E-state index is 0.709. The third-order valence-electron chi connectivity index (χ3n) is 3.32. The van der Waals surface area contributed by atoms with Gasteiger partial charge in [0, 0.05) is 16.7 Å². The summed E-state index contributed by atoms with van der Waals surface area (Å²) in [5.41, 5.74) is 2.83. The van der Waals surface area contributed by atoms with E-state index in [9.17, 15) is 0 Å². The van der Waals surface area contributed by atoms with Crippen molar-refractivity contribution in [2.45, 2.75) is 0 Å². The van der Waals surface area contributed by atoms with Crippen LogP contribution in [-0.4, -0.2) is 15.0 Å². The van der Waals surface area contributed by atoms with E-state index in [-0.39, 0.29) is 0 Å². The SMILES string of the molecule is Clc1ccc2nc(Nc3cc(-c4ccccc4)ncn3)sc2c1. The number of halogens is 1. The summed E-state index contributed by atoms with van der Waals surface area (Å²) in [5, 5.41) is 4.72. The Hall–Kier alpha value is -2.50.